The maximum atomic E-state index is 2.54. The number of benzene rings is 3. The van der Waals surface area contributed by atoms with Gasteiger partial charge in [-0.25, -0.2) is 0 Å². The Labute approximate surface area is 153 Å². The second kappa shape index (κ2) is 7.17. The molecule has 0 unspecified atom stereocenters. The normalized spacial score (nSPS) is 12.9. The molecule has 0 radical (unpaired) electrons. The first-order valence-electron chi connectivity index (χ1n) is 9.62. The smallest absolute Gasteiger partial charge is 0.0780 e. The predicted molar refractivity (Wildman–Crippen MR) is 117 cm³/mol. The van der Waals surface area contributed by atoms with Crippen molar-refractivity contribution in [2.24, 2.45) is 0 Å². The molecule has 0 atom stereocenters. The van der Waals surface area contributed by atoms with E-state index in [1.54, 1.807) is 5.20 Å². The SMILES string of the molecule is CCC/C=C(/c1c(CC)c2ccccc2c2ccccc12)[Si](C)(C)C. The first kappa shape index (κ1) is 17.9. The van der Waals surface area contributed by atoms with Crippen molar-refractivity contribution in [3.05, 3.63) is 65.7 Å². The summed E-state index contributed by atoms with van der Waals surface area (Å²) in [6, 6.07) is 17.9. The number of unbranched alkanes of at least 4 members (excludes halogenated alkanes) is 1. The van der Waals surface area contributed by atoms with Crippen molar-refractivity contribution in [2.45, 2.75) is 52.8 Å². The largest absolute Gasteiger partial charge is 0.0847 e. The maximum absolute atomic E-state index is 2.54. The van der Waals surface area contributed by atoms with Crippen LogP contribution in [0.4, 0.5) is 0 Å². The van der Waals surface area contributed by atoms with E-state index in [1.807, 2.05) is 0 Å². The van der Waals surface area contributed by atoms with Crippen LogP contribution < -0.4 is 0 Å². The van der Waals surface area contributed by atoms with E-state index in [4.69, 9.17) is 0 Å². The van der Waals surface area contributed by atoms with Gasteiger partial charge in [-0.3, -0.25) is 0 Å². The summed E-state index contributed by atoms with van der Waals surface area (Å²) >= 11 is 0. The Hall–Kier alpha value is -1.86. The molecule has 0 nitrogen and oxygen atoms in total. The van der Waals surface area contributed by atoms with Gasteiger partial charge in [0.1, 0.15) is 0 Å². The number of fused-ring (bicyclic) bond motifs is 3. The van der Waals surface area contributed by atoms with Crippen LogP contribution in [-0.2, 0) is 6.42 Å². The summed E-state index contributed by atoms with van der Waals surface area (Å²) in [5, 5.41) is 7.28. The summed E-state index contributed by atoms with van der Waals surface area (Å²) in [5.41, 5.74) is 3.06. The maximum Gasteiger partial charge on any atom is 0.0780 e. The summed E-state index contributed by atoms with van der Waals surface area (Å²) < 4.78 is 0. The summed E-state index contributed by atoms with van der Waals surface area (Å²) in [7, 11) is -1.46. The van der Waals surface area contributed by atoms with Crippen molar-refractivity contribution in [3.63, 3.8) is 0 Å². The van der Waals surface area contributed by atoms with E-state index in [1.165, 1.54) is 45.5 Å². The van der Waals surface area contributed by atoms with Gasteiger partial charge in [0.15, 0.2) is 0 Å². The number of allylic oxidation sites excluding steroid dienone is 1. The van der Waals surface area contributed by atoms with Gasteiger partial charge in [0.05, 0.1) is 8.07 Å². The first-order chi connectivity index (χ1) is 12.0. The average molecular weight is 347 g/mol. The lowest BCUT2D eigenvalue weighted by Gasteiger charge is -2.27. The van der Waals surface area contributed by atoms with Crippen LogP contribution in [0.25, 0.3) is 26.7 Å². The fourth-order valence-corrected chi connectivity index (χ4v) is 5.75. The van der Waals surface area contributed by atoms with Gasteiger partial charge < -0.3 is 0 Å². The van der Waals surface area contributed by atoms with Crippen molar-refractivity contribution in [3.8, 4) is 0 Å². The first-order valence-corrected chi connectivity index (χ1v) is 13.1. The molecule has 0 aromatic heterocycles. The van der Waals surface area contributed by atoms with Gasteiger partial charge >= 0.3 is 0 Å². The minimum atomic E-state index is -1.46. The Morgan fingerprint density at radius 3 is 1.84 bits per heavy atom. The van der Waals surface area contributed by atoms with Gasteiger partial charge in [-0.05, 0) is 45.5 Å². The molecular formula is C24H30Si. The zero-order chi connectivity index (χ0) is 18.0. The van der Waals surface area contributed by atoms with Crippen LogP contribution >= 0.6 is 0 Å². The van der Waals surface area contributed by atoms with Crippen LogP contribution in [0.2, 0.25) is 19.6 Å². The monoisotopic (exact) mass is 346 g/mol. The highest BCUT2D eigenvalue weighted by atomic mass is 28.3. The highest BCUT2D eigenvalue weighted by Crippen LogP contribution is 2.40. The summed E-state index contributed by atoms with van der Waals surface area (Å²) in [6.07, 6.45) is 6.00. The van der Waals surface area contributed by atoms with Crippen molar-refractivity contribution < 1.29 is 0 Å². The number of rotatable bonds is 5. The van der Waals surface area contributed by atoms with Gasteiger partial charge in [0, 0.05) is 0 Å². The van der Waals surface area contributed by atoms with Crippen LogP contribution in [-0.4, -0.2) is 8.07 Å². The second-order valence-electron chi connectivity index (χ2n) is 7.95. The molecule has 3 rings (SSSR count). The predicted octanol–water partition coefficient (Wildman–Crippen LogP) is 7.62. The Morgan fingerprint density at radius 1 is 0.800 bits per heavy atom. The highest BCUT2D eigenvalue weighted by Gasteiger charge is 2.25. The van der Waals surface area contributed by atoms with Gasteiger partial charge in [-0.15, -0.1) is 0 Å². The lowest BCUT2D eigenvalue weighted by molar-refractivity contribution is 0.961. The van der Waals surface area contributed by atoms with E-state index in [0.717, 1.165) is 6.42 Å². The zero-order valence-corrected chi connectivity index (χ0v) is 17.3. The molecule has 0 spiro atoms. The van der Waals surface area contributed by atoms with Crippen molar-refractivity contribution in [2.75, 3.05) is 0 Å². The third-order valence-corrected chi connectivity index (χ3v) is 7.18. The highest BCUT2D eigenvalue weighted by molar-refractivity contribution is 6.94. The number of hydrogen-bond acceptors (Lipinski definition) is 0. The lowest BCUT2D eigenvalue weighted by Crippen LogP contribution is -2.24. The fraction of sp³-hybridized carbons (Fsp3) is 0.333. The van der Waals surface area contributed by atoms with E-state index in [0.29, 0.717) is 0 Å². The Bertz CT molecular complexity index is 926. The van der Waals surface area contributed by atoms with Gasteiger partial charge in [0.2, 0.25) is 0 Å². The minimum absolute atomic E-state index is 1.08. The molecule has 3 aromatic rings. The van der Waals surface area contributed by atoms with E-state index in [9.17, 15) is 0 Å². The molecule has 25 heavy (non-hydrogen) atoms. The molecule has 130 valence electrons. The molecule has 0 aliphatic rings. The van der Waals surface area contributed by atoms with Crippen LogP contribution in [0.3, 0.4) is 0 Å². The molecule has 0 amide bonds. The molecule has 0 heterocycles. The topological polar surface area (TPSA) is 0 Å². The minimum Gasteiger partial charge on any atom is -0.0847 e. The van der Waals surface area contributed by atoms with Gasteiger partial charge in [-0.1, -0.05) is 99.7 Å². The molecule has 0 saturated carbocycles. The molecule has 0 aliphatic heterocycles. The van der Waals surface area contributed by atoms with Crippen molar-refractivity contribution >= 4 is 34.8 Å². The van der Waals surface area contributed by atoms with Crippen LogP contribution in [0.15, 0.2) is 54.6 Å². The molecule has 0 aliphatic carbocycles. The van der Waals surface area contributed by atoms with Gasteiger partial charge in [-0.2, -0.15) is 0 Å². The fourth-order valence-electron chi connectivity index (χ4n) is 3.96. The summed E-state index contributed by atoms with van der Waals surface area (Å²) in [5.74, 6) is 0. The molecule has 0 N–H and O–H groups in total. The molecule has 0 fully saturated rings. The molecule has 1 heteroatoms. The summed E-state index contributed by atoms with van der Waals surface area (Å²) in [6.45, 7) is 12.0. The van der Waals surface area contributed by atoms with Crippen LogP contribution in [0.1, 0.15) is 37.8 Å². The van der Waals surface area contributed by atoms with Crippen molar-refractivity contribution in [1.82, 2.24) is 0 Å². The molecule has 0 saturated heterocycles. The van der Waals surface area contributed by atoms with Crippen LogP contribution in [0.5, 0.6) is 0 Å². The lowest BCUT2D eigenvalue weighted by atomic mass is 9.90. The van der Waals surface area contributed by atoms with Gasteiger partial charge in [0.25, 0.3) is 0 Å². The number of hydrogen-bond donors (Lipinski definition) is 0. The van der Waals surface area contributed by atoms with Crippen LogP contribution in [0, 0.1) is 0 Å². The van der Waals surface area contributed by atoms with Crippen molar-refractivity contribution in [1.29, 1.82) is 0 Å². The van der Waals surface area contributed by atoms with E-state index >= 15 is 0 Å². The molecule has 3 aromatic carbocycles. The molecule has 0 bridgehead atoms. The Kier molecular flexibility index (Phi) is 5.15. The second-order valence-corrected chi connectivity index (χ2v) is 13.0. The number of aryl methyl sites for hydroxylation is 1. The third kappa shape index (κ3) is 3.30. The quantitative estimate of drug-likeness (QED) is 0.329. The Balaban J connectivity index is 2.51. The standard InChI is InChI=1S/C24H30Si/c1-6-8-17-23(25(3,4)5)24-18(7-2)19-13-9-10-14-20(19)21-15-11-12-16-22(21)24/h9-17H,6-8H2,1-5H3/b23-17-. The van der Waals surface area contributed by atoms with E-state index < -0.39 is 8.07 Å². The average Bonchev–Trinajstić information content (AvgIpc) is 2.61. The Morgan fingerprint density at radius 2 is 1.32 bits per heavy atom. The molecular weight excluding hydrogens is 316 g/mol. The zero-order valence-electron chi connectivity index (χ0n) is 16.3. The summed E-state index contributed by atoms with van der Waals surface area (Å²) in [4.78, 5) is 0. The van der Waals surface area contributed by atoms with E-state index in [-0.39, 0.29) is 0 Å². The van der Waals surface area contributed by atoms with E-state index in [2.05, 4.69) is 88.1 Å². The third-order valence-electron chi connectivity index (χ3n) is 5.11.